The molecule has 2 aromatic carbocycles. The summed E-state index contributed by atoms with van der Waals surface area (Å²) in [6.07, 6.45) is 4.59. The SMILES string of the molecule is O=C(Nc1cccc(CNCCc2cccnc2)c1)c1ccccc1Cl. The molecule has 0 aliphatic heterocycles. The van der Waals surface area contributed by atoms with E-state index in [0.717, 1.165) is 30.8 Å². The second kappa shape index (κ2) is 9.13. The topological polar surface area (TPSA) is 54.0 Å². The number of rotatable bonds is 7. The van der Waals surface area contributed by atoms with E-state index < -0.39 is 0 Å². The van der Waals surface area contributed by atoms with Crippen molar-refractivity contribution in [2.45, 2.75) is 13.0 Å². The van der Waals surface area contributed by atoms with Crippen LogP contribution < -0.4 is 10.6 Å². The number of hydrogen-bond acceptors (Lipinski definition) is 3. The van der Waals surface area contributed by atoms with Crippen molar-refractivity contribution < 1.29 is 4.79 Å². The average Bonchev–Trinajstić information content (AvgIpc) is 2.67. The van der Waals surface area contributed by atoms with E-state index in [4.69, 9.17) is 11.6 Å². The van der Waals surface area contributed by atoms with Crippen LogP contribution in [0.1, 0.15) is 21.5 Å². The summed E-state index contributed by atoms with van der Waals surface area (Å²) in [4.78, 5) is 16.5. The van der Waals surface area contributed by atoms with Crippen LogP contribution >= 0.6 is 11.6 Å². The molecular weight excluding hydrogens is 346 g/mol. The molecule has 3 aromatic rings. The van der Waals surface area contributed by atoms with E-state index in [1.165, 1.54) is 5.56 Å². The number of nitrogens with zero attached hydrogens (tertiary/aromatic N) is 1. The number of carbonyl (C=O) groups is 1. The van der Waals surface area contributed by atoms with Gasteiger partial charge in [-0.3, -0.25) is 9.78 Å². The molecule has 1 aromatic heterocycles. The van der Waals surface area contributed by atoms with Gasteiger partial charge in [0, 0.05) is 24.6 Å². The summed E-state index contributed by atoms with van der Waals surface area (Å²) >= 11 is 6.08. The van der Waals surface area contributed by atoms with Crippen molar-refractivity contribution in [2.24, 2.45) is 0 Å². The molecule has 0 radical (unpaired) electrons. The van der Waals surface area contributed by atoms with Gasteiger partial charge in [0.1, 0.15) is 0 Å². The molecule has 0 fully saturated rings. The van der Waals surface area contributed by atoms with E-state index in [0.29, 0.717) is 10.6 Å². The summed E-state index contributed by atoms with van der Waals surface area (Å²) in [7, 11) is 0. The Kier molecular flexibility index (Phi) is 6.36. The summed E-state index contributed by atoms with van der Waals surface area (Å²) in [6, 6.07) is 18.8. The van der Waals surface area contributed by atoms with Crippen LogP contribution in [0.25, 0.3) is 0 Å². The van der Waals surface area contributed by atoms with Crippen molar-refractivity contribution in [3.8, 4) is 0 Å². The molecule has 1 heterocycles. The first-order valence-electron chi connectivity index (χ1n) is 8.47. The predicted molar refractivity (Wildman–Crippen MR) is 105 cm³/mol. The van der Waals surface area contributed by atoms with Gasteiger partial charge in [-0.05, 0) is 54.4 Å². The van der Waals surface area contributed by atoms with Gasteiger partial charge in [0.25, 0.3) is 5.91 Å². The third-order valence-electron chi connectivity index (χ3n) is 3.95. The lowest BCUT2D eigenvalue weighted by molar-refractivity contribution is 0.102. The van der Waals surface area contributed by atoms with E-state index in [-0.39, 0.29) is 5.91 Å². The van der Waals surface area contributed by atoms with Crippen molar-refractivity contribution in [3.63, 3.8) is 0 Å². The molecule has 0 bridgehead atoms. The van der Waals surface area contributed by atoms with Gasteiger partial charge in [0.2, 0.25) is 0 Å². The van der Waals surface area contributed by atoms with E-state index >= 15 is 0 Å². The van der Waals surface area contributed by atoms with Gasteiger partial charge in [-0.2, -0.15) is 0 Å². The van der Waals surface area contributed by atoms with Crippen LogP contribution in [0.5, 0.6) is 0 Å². The van der Waals surface area contributed by atoms with Crippen LogP contribution in [-0.4, -0.2) is 17.4 Å². The normalized spacial score (nSPS) is 10.5. The number of halogens is 1. The molecule has 0 unspecified atom stereocenters. The molecule has 0 saturated carbocycles. The Morgan fingerprint density at radius 2 is 1.85 bits per heavy atom. The van der Waals surface area contributed by atoms with Gasteiger partial charge in [0.05, 0.1) is 10.6 Å². The Morgan fingerprint density at radius 1 is 1.00 bits per heavy atom. The highest BCUT2D eigenvalue weighted by atomic mass is 35.5. The maximum atomic E-state index is 12.3. The van der Waals surface area contributed by atoms with E-state index in [2.05, 4.69) is 21.7 Å². The molecule has 132 valence electrons. The van der Waals surface area contributed by atoms with E-state index in [1.807, 2.05) is 36.5 Å². The van der Waals surface area contributed by atoms with Crippen molar-refractivity contribution in [1.29, 1.82) is 0 Å². The minimum atomic E-state index is -0.211. The monoisotopic (exact) mass is 365 g/mol. The first-order valence-corrected chi connectivity index (χ1v) is 8.84. The Labute approximate surface area is 158 Å². The number of aromatic nitrogens is 1. The third kappa shape index (κ3) is 5.15. The highest BCUT2D eigenvalue weighted by Gasteiger charge is 2.09. The standard InChI is InChI=1S/C21H20ClN3O/c22-20-9-2-1-8-19(20)21(26)25-18-7-3-5-17(13-18)15-24-12-10-16-6-4-11-23-14-16/h1-9,11,13-14,24H,10,12,15H2,(H,25,26). The molecule has 5 heteroatoms. The highest BCUT2D eigenvalue weighted by Crippen LogP contribution is 2.18. The molecule has 0 saturated heterocycles. The lowest BCUT2D eigenvalue weighted by atomic mass is 10.1. The molecule has 3 rings (SSSR count). The molecule has 0 atom stereocenters. The Hall–Kier alpha value is -2.69. The van der Waals surface area contributed by atoms with E-state index in [1.54, 1.807) is 30.5 Å². The summed E-state index contributed by atoms with van der Waals surface area (Å²) < 4.78 is 0. The first kappa shape index (κ1) is 18.1. The Morgan fingerprint density at radius 3 is 2.65 bits per heavy atom. The molecule has 26 heavy (non-hydrogen) atoms. The van der Waals surface area contributed by atoms with Crippen LogP contribution in [0, 0.1) is 0 Å². The number of benzene rings is 2. The lowest BCUT2D eigenvalue weighted by Crippen LogP contribution is -2.17. The summed E-state index contributed by atoms with van der Waals surface area (Å²) in [5.41, 5.74) is 3.53. The van der Waals surface area contributed by atoms with Crippen LogP contribution in [0.15, 0.2) is 73.1 Å². The number of anilines is 1. The quantitative estimate of drug-likeness (QED) is 0.613. The fraction of sp³-hybridized carbons (Fsp3) is 0.143. The van der Waals surface area contributed by atoms with Crippen molar-refractivity contribution >= 4 is 23.2 Å². The van der Waals surface area contributed by atoms with Gasteiger partial charge >= 0.3 is 0 Å². The minimum Gasteiger partial charge on any atom is -0.322 e. The molecule has 0 aliphatic rings. The molecular formula is C21H20ClN3O. The first-order chi connectivity index (χ1) is 12.7. The van der Waals surface area contributed by atoms with Crippen molar-refractivity contribution in [2.75, 3.05) is 11.9 Å². The van der Waals surface area contributed by atoms with Crippen LogP contribution in [-0.2, 0) is 13.0 Å². The fourth-order valence-electron chi connectivity index (χ4n) is 2.61. The maximum Gasteiger partial charge on any atom is 0.257 e. The molecule has 1 amide bonds. The largest absolute Gasteiger partial charge is 0.322 e. The smallest absolute Gasteiger partial charge is 0.257 e. The van der Waals surface area contributed by atoms with Gasteiger partial charge in [0.15, 0.2) is 0 Å². The summed E-state index contributed by atoms with van der Waals surface area (Å²) in [6.45, 7) is 1.60. The molecule has 0 aliphatic carbocycles. The van der Waals surface area contributed by atoms with Crippen molar-refractivity contribution in [1.82, 2.24) is 10.3 Å². The Balaban J connectivity index is 1.53. The van der Waals surface area contributed by atoms with Gasteiger partial charge in [-0.25, -0.2) is 0 Å². The molecule has 2 N–H and O–H groups in total. The zero-order chi connectivity index (χ0) is 18.2. The molecule has 4 nitrogen and oxygen atoms in total. The number of pyridine rings is 1. The minimum absolute atomic E-state index is 0.211. The van der Waals surface area contributed by atoms with Gasteiger partial charge < -0.3 is 10.6 Å². The lowest BCUT2D eigenvalue weighted by Gasteiger charge is -2.09. The van der Waals surface area contributed by atoms with Crippen LogP contribution in [0.4, 0.5) is 5.69 Å². The number of carbonyl (C=O) groups excluding carboxylic acids is 1. The number of nitrogens with one attached hydrogen (secondary N) is 2. The average molecular weight is 366 g/mol. The molecule has 0 spiro atoms. The summed E-state index contributed by atoms with van der Waals surface area (Å²) in [5.74, 6) is -0.211. The maximum absolute atomic E-state index is 12.3. The summed E-state index contributed by atoms with van der Waals surface area (Å²) in [5, 5.41) is 6.75. The van der Waals surface area contributed by atoms with Gasteiger partial charge in [-0.1, -0.05) is 41.9 Å². The van der Waals surface area contributed by atoms with Crippen LogP contribution in [0.3, 0.4) is 0 Å². The zero-order valence-electron chi connectivity index (χ0n) is 14.3. The van der Waals surface area contributed by atoms with E-state index in [9.17, 15) is 4.79 Å². The second-order valence-electron chi connectivity index (χ2n) is 5.92. The Bertz CT molecular complexity index is 868. The zero-order valence-corrected chi connectivity index (χ0v) is 15.0. The fourth-order valence-corrected chi connectivity index (χ4v) is 2.84. The van der Waals surface area contributed by atoms with Crippen molar-refractivity contribution in [3.05, 3.63) is 94.8 Å². The van der Waals surface area contributed by atoms with Crippen LogP contribution in [0.2, 0.25) is 5.02 Å². The number of amides is 1. The predicted octanol–water partition coefficient (Wildman–Crippen LogP) is 4.32. The number of hydrogen-bond donors (Lipinski definition) is 2. The highest BCUT2D eigenvalue weighted by molar-refractivity contribution is 6.34. The van der Waals surface area contributed by atoms with Gasteiger partial charge in [-0.15, -0.1) is 0 Å². The third-order valence-corrected chi connectivity index (χ3v) is 4.28. The second-order valence-corrected chi connectivity index (χ2v) is 6.33.